The first-order chi connectivity index (χ1) is 9.74. The summed E-state index contributed by atoms with van der Waals surface area (Å²) in [6.45, 7) is 2.53. The van der Waals surface area contributed by atoms with E-state index < -0.39 is 0 Å². The van der Waals surface area contributed by atoms with Crippen LogP contribution >= 0.6 is 0 Å². The van der Waals surface area contributed by atoms with E-state index in [1.807, 2.05) is 35.6 Å². The molecule has 0 aliphatic rings. The first-order valence-corrected chi connectivity index (χ1v) is 6.68. The molecule has 0 atom stereocenters. The Morgan fingerprint density at radius 1 is 1.20 bits per heavy atom. The second-order valence-electron chi connectivity index (χ2n) is 4.79. The van der Waals surface area contributed by atoms with Gasteiger partial charge in [0.1, 0.15) is 5.82 Å². The fourth-order valence-electron chi connectivity index (χ4n) is 2.48. The Morgan fingerprint density at radius 3 is 2.80 bits per heavy atom. The lowest BCUT2D eigenvalue weighted by atomic mass is 10.2. The smallest absolute Gasteiger partial charge is 0.262 e. The molecule has 0 aliphatic heterocycles. The maximum absolute atomic E-state index is 12.6. The molecule has 3 aromatic rings. The van der Waals surface area contributed by atoms with Gasteiger partial charge in [0.25, 0.3) is 5.56 Å². The van der Waals surface area contributed by atoms with Crippen LogP contribution in [0.2, 0.25) is 0 Å². The van der Waals surface area contributed by atoms with Crippen molar-refractivity contribution in [2.75, 3.05) is 6.61 Å². The summed E-state index contributed by atoms with van der Waals surface area (Å²) in [5, 5.41) is 17.7. The largest absolute Gasteiger partial charge is 0.396 e. The summed E-state index contributed by atoms with van der Waals surface area (Å²) in [6.07, 6.45) is 1.40. The standard InChI is InChI=1S/C14H16N4O2/c1-10-15-16-14-17(8-4-5-9-19)13(20)11-6-2-3-7-12(11)18(10)14/h2-3,6-7,19H,4-5,8-9H2,1H3. The molecule has 6 nitrogen and oxygen atoms in total. The number of aryl methyl sites for hydroxylation is 2. The number of aliphatic hydroxyl groups excluding tert-OH is 1. The van der Waals surface area contributed by atoms with E-state index in [0.29, 0.717) is 24.1 Å². The van der Waals surface area contributed by atoms with Crippen LogP contribution in [-0.4, -0.2) is 30.9 Å². The molecule has 104 valence electrons. The lowest BCUT2D eigenvalue weighted by Gasteiger charge is -2.10. The predicted octanol–water partition coefficient (Wildman–Crippen LogP) is 1.13. The quantitative estimate of drug-likeness (QED) is 0.722. The Balaban J connectivity index is 2.31. The Bertz CT molecular complexity index is 819. The average Bonchev–Trinajstić information content (AvgIpc) is 2.85. The fraction of sp³-hybridized carbons (Fsp3) is 0.357. The molecular weight excluding hydrogens is 256 g/mol. The first kappa shape index (κ1) is 12.8. The van der Waals surface area contributed by atoms with Crippen LogP contribution in [0, 0.1) is 6.92 Å². The summed E-state index contributed by atoms with van der Waals surface area (Å²) in [7, 11) is 0. The Hall–Kier alpha value is -2.21. The highest BCUT2D eigenvalue weighted by Gasteiger charge is 2.13. The van der Waals surface area contributed by atoms with Crippen LogP contribution in [0.5, 0.6) is 0 Å². The minimum atomic E-state index is -0.0570. The molecule has 20 heavy (non-hydrogen) atoms. The summed E-state index contributed by atoms with van der Waals surface area (Å²) >= 11 is 0. The molecule has 0 amide bonds. The molecule has 3 rings (SSSR count). The van der Waals surface area contributed by atoms with Gasteiger partial charge >= 0.3 is 0 Å². The third kappa shape index (κ3) is 1.89. The number of aromatic nitrogens is 4. The molecule has 6 heteroatoms. The molecule has 0 saturated heterocycles. The van der Waals surface area contributed by atoms with Gasteiger partial charge in [-0.2, -0.15) is 0 Å². The van der Waals surface area contributed by atoms with Crippen molar-refractivity contribution >= 4 is 16.7 Å². The number of unbranched alkanes of at least 4 members (excludes halogenated alkanes) is 1. The van der Waals surface area contributed by atoms with Gasteiger partial charge in [-0.05, 0) is 31.9 Å². The lowest BCUT2D eigenvalue weighted by Crippen LogP contribution is -2.23. The number of para-hydroxylation sites is 1. The van der Waals surface area contributed by atoms with Crippen LogP contribution in [0.3, 0.4) is 0 Å². The van der Waals surface area contributed by atoms with E-state index in [-0.39, 0.29) is 12.2 Å². The predicted molar refractivity (Wildman–Crippen MR) is 75.8 cm³/mol. The zero-order valence-corrected chi connectivity index (χ0v) is 11.3. The topological polar surface area (TPSA) is 72.4 Å². The van der Waals surface area contributed by atoms with Gasteiger partial charge in [-0.1, -0.05) is 12.1 Å². The molecule has 0 bridgehead atoms. The van der Waals surface area contributed by atoms with Gasteiger partial charge in [0.15, 0.2) is 0 Å². The molecule has 0 spiro atoms. The molecule has 0 unspecified atom stereocenters. The molecule has 1 N–H and O–H groups in total. The zero-order valence-electron chi connectivity index (χ0n) is 11.3. The van der Waals surface area contributed by atoms with E-state index in [1.165, 1.54) is 0 Å². The highest BCUT2D eigenvalue weighted by molar-refractivity contribution is 5.80. The van der Waals surface area contributed by atoms with Crippen molar-refractivity contribution < 1.29 is 5.11 Å². The SMILES string of the molecule is Cc1nnc2n(CCCCO)c(=O)c3ccccc3n12. The number of benzene rings is 1. The van der Waals surface area contributed by atoms with Crippen LogP contribution in [0.25, 0.3) is 16.7 Å². The number of hydrogen-bond acceptors (Lipinski definition) is 4. The monoisotopic (exact) mass is 272 g/mol. The second-order valence-corrected chi connectivity index (χ2v) is 4.79. The molecular formula is C14H16N4O2. The van der Waals surface area contributed by atoms with Crippen LogP contribution in [0.1, 0.15) is 18.7 Å². The van der Waals surface area contributed by atoms with Gasteiger partial charge < -0.3 is 5.11 Å². The zero-order chi connectivity index (χ0) is 14.1. The maximum atomic E-state index is 12.6. The summed E-state index contributed by atoms with van der Waals surface area (Å²) in [4.78, 5) is 12.6. The Kier molecular flexibility index (Phi) is 3.23. The van der Waals surface area contributed by atoms with Gasteiger partial charge in [-0.25, -0.2) is 0 Å². The van der Waals surface area contributed by atoms with Crippen LogP contribution < -0.4 is 5.56 Å². The number of nitrogens with zero attached hydrogens (tertiary/aromatic N) is 4. The molecule has 1 aromatic carbocycles. The molecule has 2 aromatic heterocycles. The van der Waals surface area contributed by atoms with E-state index in [2.05, 4.69) is 10.2 Å². The average molecular weight is 272 g/mol. The number of hydrogen-bond donors (Lipinski definition) is 1. The van der Waals surface area contributed by atoms with Crippen molar-refractivity contribution in [1.82, 2.24) is 19.2 Å². The summed E-state index contributed by atoms with van der Waals surface area (Å²) in [5.74, 6) is 1.32. The summed E-state index contributed by atoms with van der Waals surface area (Å²) in [6, 6.07) is 7.47. The van der Waals surface area contributed by atoms with Gasteiger partial charge in [0, 0.05) is 13.2 Å². The van der Waals surface area contributed by atoms with Crippen molar-refractivity contribution in [3.05, 3.63) is 40.4 Å². The van der Waals surface area contributed by atoms with Crippen molar-refractivity contribution in [2.45, 2.75) is 26.3 Å². The van der Waals surface area contributed by atoms with Crippen molar-refractivity contribution in [3.8, 4) is 0 Å². The molecule has 0 fully saturated rings. The van der Waals surface area contributed by atoms with E-state index in [4.69, 9.17) is 5.11 Å². The highest BCUT2D eigenvalue weighted by Crippen LogP contribution is 2.14. The van der Waals surface area contributed by atoms with E-state index >= 15 is 0 Å². The minimum absolute atomic E-state index is 0.0570. The van der Waals surface area contributed by atoms with Crippen molar-refractivity contribution in [1.29, 1.82) is 0 Å². The van der Waals surface area contributed by atoms with E-state index in [1.54, 1.807) is 4.57 Å². The summed E-state index contributed by atoms with van der Waals surface area (Å²) in [5.41, 5.74) is 0.770. The summed E-state index contributed by atoms with van der Waals surface area (Å²) < 4.78 is 3.54. The number of fused-ring (bicyclic) bond motifs is 3. The van der Waals surface area contributed by atoms with E-state index in [0.717, 1.165) is 17.8 Å². The molecule has 0 aliphatic carbocycles. The van der Waals surface area contributed by atoms with Crippen molar-refractivity contribution in [2.24, 2.45) is 0 Å². The molecule has 2 heterocycles. The second kappa shape index (κ2) is 5.05. The number of aliphatic hydroxyl groups is 1. The maximum Gasteiger partial charge on any atom is 0.262 e. The minimum Gasteiger partial charge on any atom is -0.396 e. The fourth-order valence-corrected chi connectivity index (χ4v) is 2.48. The highest BCUT2D eigenvalue weighted by atomic mass is 16.2. The van der Waals surface area contributed by atoms with Gasteiger partial charge in [0.05, 0.1) is 10.9 Å². The van der Waals surface area contributed by atoms with Gasteiger partial charge in [0.2, 0.25) is 5.78 Å². The Labute approximate surface area is 115 Å². The lowest BCUT2D eigenvalue weighted by molar-refractivity contribution is 0.281. The number of rotatable bonds is 4. The Morgan fingerprint density at radius 2 is 2.00 bits per heavy atom. The third-order valence-electron chi connectivity index (χ3n) is 3.46. The van der Waals surface area contributed by atoms with Gasteiger partial charge in [-0.15, -0.1) is 10.2 Å². The van der Waals surface area contributed by atoms with Crippen LogP contribution in [0.4, 0.5) is 0 Å². The van der Waals surface area contributed by atoms with Crippen LogP contribution in [-0.2, 0) is 6.54 Å². The van der Waals surface area contributed by atoms with Crippen LogP contribution in [0.15, 0.2) is 29.1 Å². The first-order valence-electron chi connectivity index (χ1n) is 6.68. The molecule has 0 saturated carbocycles. The van der Waals surface area contributed by atoms with Gasteiger partial charge in [-0.3, -0.25) is 13.8 Å². The third-order valence-corrected chi connectivity index (χ3v) is 3.46. The van der Waals surface area contributed by atoms with E-state index in [9.17, 15) is 4.79 Å². The van der Waals surface area contributed by atoms with Crippen molar-refractivity contribution in [3.63, 3.8) is 0 Å². The normalized spacial score (nSPS) is 11.5. The molecule has 0 radical (unpaired) electrons.